The molecule has 1 aliphatic carbocycles. The number of likely N-dealkylation sites (tertiary alicyclic amines) is 1. The first-order valence-electron chi connectivity index (χ1n) is 8.64. The fraction of sp³-hybridized carbons (Fsp3) is 0.938. The molecule has 3 rings (SSSR count). The van der Waals surface area contributed by atoms with Crippen LogP contribution in [0.3, 0.4) is 0 Å². The van der Waals surface area contributed by atoms with Gasteiger partial charge in [-0.15, -0.1) is 0 Å². The Morgan fingerprint density at radius 3 is 2.39 bits per heavy atom. The maximum atomic E-state index is 12.3. The number of nitrogens with one attached hydrogen (secondary N) is 1. The van der Waals surface area contributed by atoms with E-state index in [9.17, 15) is 13.2 Å². The molecule has 0 aromatic rings. The summed E-state index contributed by atoms with van der Waals surface area (Å²) in [4.78, 5) is 13.9. The van der Waals surface area contributed by atoms with Crippen LogP contribution in [0, 0.1) is 11.3 Å². The molecule has 2 heterocycles. The third-order valence-corrected chi connectivity index (χ3v) is 6.48. The molecule has 1 saturated carbocycles. The summed E-state index contributed by atoms with van der Waals surface area (Å²) in [6.45, 7) is 6.14. The number of amides is 1. The van der Waals surface area contributed by atoms with E-state index in [-0.39, 0.29) is 35.1 Å². The maximum Gasteiger partial charge on any atom is 0.225 e. The zero-order valence-corrected chi connectivity index (χ0v) is 14.9. The van der Waals surface area contributed by atoms with E-state index in [2.05, 4.69) is 18.6 Å². The fourth-order valence-corrected chi connectivity index (χ4v) is 5.08. The molecule has 1 unspecified atom stereocenters. The van der Waals surface area contributed by atoms with Gasteiger partial charge in [-0.2, -0.15) is 0 Å². The minimum Gasteiger partial charge on any atom is -0.377 e. The summed E-state index contributed by atoms with van der Waals surface area (Å²) in [6, 6.07) is -0.0577. The number of carbonyl (C=O) groups excluding carboxylic acids is 1. The number of hydrogen-bond donors (Lipinski definition) is 1. The lowest BCUT2D eigenvalue weighted by atomic mass is 9.91. The summed E-state index contributed by atoms with van der Waals surface area (Å²) in [6.07, 6.45) is 4.01. The number of ether oxygens (including phenoxy) is 1. The molecule has 23 heavy (non-hydrogen) atoms. The van der Waals surface area contributed by atoms with E-state index in [0.29, 0.717) is 32.5 Å². The van der Waals surface area contributed by atoms with Crippen molar-refractivity contribution in [3.8, 4) is 0 Å². The van der Waals surface area contributed by atoms with Gasteiger partial charge in [0.25, 0.3) is 0 Å². The van der Waals surface area contributed by atoms with Gasteiger partial charge in [0.15, 0.2) is 0 Å². The van der Waals surface area contributed by atoms with Gasteiger partial charge in [-0.25, -0.2) is 13.1 Å². The zero-order valence-electron chi connectivity index (χ0n) is 14.1. The normalized spacial score (nSPS) is 29.0. The fourth-order valence-electron chi connectivity index (χ4n) is 3.54. The molecule has 3 aliphatic rings. The summed E-state index contributed by atoms with van der Waals surface area (Å²) in [5.74, 6) is 0.538. The van der Waals surface area contributed by atoms with E-state index in [4.69, 9.17) is 4.74 Å². The minimum atomic E-state index is -3.33. The molecule has 0 radical (unpaired) electrons. The molecule has 1 amide bonds. The van der Waals surface area contributed by atoms with Crippen LogP contribution in [0.25, 0.3) is 0 Å². The van der Waals surface area contributed by atoms with Crippen molar-refractivity contribution < 1.29 is 17.9 Å². The molecule has 6 nitrogen and oxygen atoms in total. The summed E-state index contributed by atoms with van der Waals surface area (Å²) >= 11 is 0. The SMILES string of the molecule is CC1(C)COC(CS(=O)(=O)NC2CCN(C(=O)C3CC3)CC2)C1. The Bertz CT molecular complexity index is 548. The largest absolute Gasteiger partial charge is 0.377 e. The number of sulfonamides is 1. The quantitative estimate of drug-likeness (QED) is 0.811. The van der Waals surface area contributed by atoms with Crippen molar-refractivity contribution >= 4 is 15.9 Å². The Balaban J connectivity index is 1.45. The molecule has 0 spiro atoms. The van der Waals surface area contributed by atoms with E-state index in [1.54, 1.807) is 0 Å². The highest BCUT2D eigenvalue weighted by Gasteiger charge is 2.37. The molecule has 0 bridgehead atoms. The second-order valence-corrected chi connectivity index (χ2v) is 9.87. The van der Waals surface area contributed by atoms with Crippen molar-refractivity contribution in [3.05, 3.63) is 0 Å². The standard InChI is InChI=1S/C16H28N2O4S/c1-16(2)9-14(22-11-16)10-23(20,21)17-13-5-7-18(8-6-13)15(19)12-3-4-12/h12-14,17H,3-11H2,1-2H3. The number of rotatable bonds is 5. The topological polar surface area (TPSA) is 75.7 Å². The van der Waals surface area contributed by atoms with Crippen molar-refractivity contribution in [1.82, 2.24) is 9.62 Å². The van der Waals surface area contributed by atoms with Gasteiger partial charge < -0.3 is 9.64 Å². The molecule has 1 N–H and O–H groups in total. The molecule has 0 aromatic carbocycles. The highest BCUT2D eigenvalue weighted by atomic mass is 32.2. The van der Waals surface area contributed by atoms with Crippen molar-refractivity contribution in [3.63, 3.8) is 0 Å². The van der Waals surface area contributed by atoms with Gasteiger partial charge in [0, 0.05) is 25.0 Å². The smallest absolute Gasteiger partial charge is 0.225 e. The van der Waals surface area contributed by atoms with Gasteiger partial charge in [-0.05, 0) is 37.5 Å². The predicted molar refractivity (Wildman–Crippen MR) is 87.4 cm³/mol. The summed E-state index contributed by atoms with van der Waals surface area (Å²) < 4.78 is 33.1. The summed E-state index contributed by atoms with van der Waals surface area (Å²) in [5.41, 5.74) is 0.0642. The van der Waals surface area contributed by atoms with E-state index in [1.165, 1.54) is 0 Å². The van der Waals surface area contributed by atoms with Crippen LogP contribution in [0.15, 0.2) is 0 Å². The molecule has 132 valence electrons. The lowest BCUT2D eigenvalue weighted by molar-refractivity contribution is -0.133. The maximum absolute atomic E-state index is 12.3. The first-order chi connectivity index (χ1) is 10.7. The molecular weight excluding hydrogens is 316 g/mol. The van der Waals surface area contributed by atoms with Crippen LogP contribution < -0.4 is 4.72 Å². The van der Waals surface area contributed by atoms with Gasteiger partial charge in [-0.1, -0.05) is 13.8 Å². The zero-order chi connectivity index (χ0) is 16.7. The van der Waals surface area contributed by atoms with Crippen LogP contribution in [0.4, 0.5) is 0 Å². The van der Waals surface area contributed by atoms with Crippen LogP contribution in [0.5, 0.6) is 0 Å². The van der Waals surface area contributed by atoms with Crippen LogP contribution in [0.2, 0.25) is 0 Å². The van der Waals surface area contributed by atoms with Crippen LogP contribution in [-0.4, -0.2) is 56.8 Å². The van der Waals surface area contributed by atoms with Crippen LogP contribution in [-0.2, 0) is 19.6 Å². The lowest BCUT2D eigenvalue weighted by Gasteiger charge is -2.32. The van der Waals surface area contributed by atoms with Crippen molar-refractivity contribution in [2.75, 3.05) is 25.4 Å². The molecule has 2 aliphatic heterocycles. The number of hydrogen-bond acceptors (Lipinski definition) is 4. The summed E-state index contributed by atoms with van der Waals surface area (Å²) in [5, 5.41) is 0. The minimum absolute atomic E-state index is 0.0393. The first kappa shape index (κ1) is 17.2. The Kier molecular flexibility index (Phi) is 4.73. The summed E-state index contributed by atoms with van der Waals surface area (Å²) in [7, 11) is -3.33. The Hall–Kier alpha value is -0.660. The molecule has 0 aromatic heterocycles. The van der Waals surface area contributed by atoms with Crippen molar-refractivity contribution in [2.45, 2.75) is 58.1 Å². The molecule has 7 heteroatoms. The van der Waals surface area contributed by atoms with Crippen LogP contribution in [0.1, 0.15) is 46.0 Å². The molecule has 3 fully saturated rings. The van der Waals surface area contributed by atoms with Crippen LogP contribution >= 0.6 is 0 Å². The molecule has 1 atom stereocenters. The lowest BCUT2D eigenvalue weighted by Crippen LogP contribution is -2.48. The Labute approximate surface area is 139 Å². The predicted octanol–water partition coefficient (Wildman–Crippen LogP) is 1.12. The van der Waals surface area contributed by atoms with E-state index in [0.717, 1.165) is 19.3 Å². The van der Waals surface area contributed by atoms with E-state index in [1.807, 2.05) is 4.90 Å². The third kappa shape index (κ3) is 4.67. The van der Waals surface area contributed by atoms with Gasteiger partial charge in [0.2, 0.25) is 15.9 Å². The van der Waals surface area contributed by atoms with E-state index < -0.39 is 10.0 Å². The van der Waals surface area contributed by atoms with E-state index >= 15 is 0 Å². The highest BCUT2D eigenvalue weighted by Crippen LogP contribution is 2.33. The van der Waals surface area contributed by atoms with Crippen molar-refractivity contribution in [2.24, 2.45) is 11.3 Å². The second kappa shape index (κ2) is 6.33. The molecule has 2 saturated heterocycles. The van der Waals surface area contributed by atoms with Gasteiger partial charge in [0.1, 0.15) is 0 Å². The third-order valence-electron chi connectivity index (χ3n) is 4.97. The average Bonchev–Trinajstić information content (AvgIpc) is 3.24. The number of nitrogens with zero attached hydrogens (tertiary/aromatic N) is 1. The van der Waals surface area contributed by atoms with Gasteiger partial charge in [0.05, 0.1) is 18.5 Å². The molecular formula is C16H28N2O4S. The number of carbonyl (C=O) groups is 1. The highest BCUT2D eigenvalue weighted by molar-refractivity contribution is 7.89. The Morgan fingerprint density at radius 2 is 1.87 bits per heavy atom. The van der Waals surface area contributed by atoms with Gasteiger partial charge >= 0.3 is 0 Å². The van der Waals surface area contributed by atoms with Crippen molar-refractivity contribution in [1.29, 1.82) is 0 Å². The number of piperidine rings is 1. The second-order valence-electron chi connectivity index (χ2n) is 8.07. The average molecular weight is 344 g/mol. The van der Waals surface area contributed by atoms with Gasteiger partial charge in [-0.3, -0.25) is 4.79 Å². The Morgan fingerprint density at radius 1 is 1.22 bits per heavy atom. The monoisotopic (exact) mass is 344 g/mol. The first-order valence-corrected chi connectivity index (χ1v) is 10.3.